The molecule has 4 heterocycles. The van der Waals surface area contributed by atoms with Gasteiger partial charge in [0.2, 0.25) is 5.91 Å². The number of anilines is 2. The minimum atomic E-state index is 0.241. The standard InChI is InChI=1S/C19H21N3O2S/c23-17-9-14-8-13(7-12-3-1-5-22(17)18(12)14)16-11-25-19(21-16)20-10-15-4-2-6-24-15/h7-8,11,15H,1-6,9-10H2,(H,20,21)/t15-/m0/s1. The number of ether oxygens (including phenoxy) is 1. The maximum Gasteiger partial charge on any atom is 0.231 e. The highest BCUT2D eigenvalue weighted by molar-refractivity contribution is 7.14. The maximum atomic E-state index is 12.2. The fraction of sp³-hybridized carbons (Fsp3) is 0.474. The van der Waals surface area contributed by atoms with Crippen molar-refractivity contribution in [3.63, 3.8) is 0 Å². The third-order valence-corrected chi connectivity index (χ3v) is 6.11. The van der Waals surface area contributed by atoms with Crippen molar-refractivity contribution < 1.29 is 9.53 Å². The summed E-state index contributed by atoms with van der Waals surface area (Å²) in [5, 5.41) is 6.45. The summed E-state index contributed by atoms with van der Waals surface area (Å²) >= 11 is 1.63. The number of aryl methyl sites for hydroxylation is 1. The zero-order valence-corrected chi connectivity index (χ0v) is 14.9. The van der Waals surface area contributed by atoms with Gasteiger partial charge in [-0.05, 0) is 48.9 Å². The molecule has 0 saturated carbocycles. The molecule has 2 aromatic rings. The molecule has 1 aromatic heterocycles. The molecule has 1 fully saturated rings. The van der Waals surface area contributed by atoms with Crippen LogP contribution >= 0.6 is 11.3 Å². The minimum absolute atomic E-state index is 0.241. The molecule has 0 bridgehead atoms. The molecule has 0 unspecified atom stereocenters. The smallest absolute Gasteiger partial charge is 0.231 e. The van der Waals surface area contributed by atoms with Gasteiger partial charge in [0, 0.05) is 30.6 Å². The van der Waals surface area contributed by atoms with Gasteiger partial charge in [0.05, 0.1) is 23.9 Å². The van der Waals surface area contributed by atoms with Gasteiger partial charge in [-0.1, -0.05) is 0 Å². The van der Waals surface area contributed by atoms with Gasteiger partial charge in [0.25, 0.3) is 0 Å². The summed E-state index contributed by atoms with van der Waals surface area (Å²) in [6, 6.07) is 4.38. The van der Waals surface area contributed by atoms with Crippen LogP contribution in [0.25, 0.3) is 11.3 Å². The first kappa shape index (κ1) is 15.3. The third-order valence-electron chi connectivity index (χ3n) is 5.31. The van der Waals surface area contributed by atoms with Gasteiger partial charge in [-0.3, -0.25) is 4.79 Å². The SMILES string of the molecule is O=C1Cc2cc(-c3csc(NC[C@@H]4CCCO4)n3)cc3c2N1CCC3. The van der Waals surface area contributed by atoms with E-state index in [2.05, 4.69) is 22.8 Å². The molecule has 1 amide bonds. The van der Waals surface area contributed by atoms with Crippen molar-refractivity contribution in [2.75, 3.05) is 29.9 Å². The summed E-state index contributed by atoms with van der Waals surface area (Å²) in [5.41, 5.74) is 5.76. The molecule has 130 valence electrons. The first-order chi connectivity index (χ1) is 12.3. The average molecular weight is 355 g/mol. The minimum Gasteiger partial charge on any atom is -0.376 e. The zero-order valence-electron chi connectivity index (χ0n) is 14.1. The van der Waals surface area contributed by atoms with Gasteiger partial charge < -0.3 is 15.0 Å². The molecule has 25 heavy (non-hydrogen) atoms. The molecule has 0 aliphatic carbocycles. The number of nitrogens with one attached hydrogen (secondary N) is 1. The van der Waals surface area contributed by atoms with Crippen molar-refractivity contribution in [1.29, 1.82) is 0 Å². The van der Waals surface area contributed by atoms with E-state index in [-0.39, 0.29) is 5.91 Å². The molecular weight excluding hydrogens is 334 g/mol. The lowest BCUT2D eigenvalue weighted by molar-refractivity contribution is -0.117. The van der Waals surface area contributed by atoms with E-state index in [1.165, 1.54) is 16.8 Å². The van der Waals surface area contributed by atoms with Gasteiger partial charge >= 0.3 is 0 Å². The topological polar surface area (TPSA) is 54.5 Å². The molecule has 1 atom stereocenters. The van der Waals surface area contributed by atoms with Crippen LogP contribution in [0.1, 0.15) is 30.4 Å². The van der Waals surface area contributed by atoms with Crippen LogP contribution in [0.2, 0.25) is 0 Å². The second kappa shape index (κ2) is 6.11. The van der Waals surface area contributed by atoms with Gasteiger partial charge in [-0.25, -0.2) is 4.98 Å². The Hall–Kier alpha value is -1.92. The summed E-state index contributed by atoms with van der Waals surface area (Å²) in [4.78, 5) is 18.9. The molecule has 1 saturated heterocycles. The number of hydrogen-bond acceptors (Lipinski definition) is 5. The first-order valence-corrected chi connectivity index (χ1v) is 9.93. The highest BCUT2D eigenvalue weighted by Crippen LogP contribution is 2.40. The number of hydrogen-bond donors (Lipinski definition) is 1. The van der Waals surface area contributed by atoms with Crippen molar-refractivity contribution in [2.24, 2.45) is 0 Å². The Morgan fingerprint density at radius 2 is 2.24 bits per heavy atom. The number of benzene rings is 1. The van der Waals surface area contributed by atoms with Gasteiger partial charge in [-0.2, -0.15) is 0 Å². The molecule has 5 rings (SSSR count). The maximum absolute atomic E-state index is 12.2. The van der Waals surface area contributed by atoms with Crippen molar-refractivity contribution in [2.45, 2.75) is 38.2 Å². The Balaban J connectivity index is 1.39. The number of aromatic nitrogens is 1. The van der Waals surface area contributed by atoms with Crippen molar-refractivity contribution >= 4 is 28.1 Å². The predicted octanol–water partition coefficient (Wildman–Crippen LogP) is 3.24. The average Bonchev–Trinajstić information content (AvgIpc) is 3.35. The van der Waals surface area contributed by atoms with Crippen molar-refractivity contribution in [3.8, 4) is 11.3 Å². The lowest BCUT2D eigenvalue weighted by Gasteiger charge is -2.25. The molecule has 3 aliphatic heterocycles. The van der Waals surface area contributed by atoms with E-state index < -0.39 is 0 Å². The Bertz CT molecular complexity index is 826. The number of amides is 1. The highest BCUT2D eigenvalue weighted by atomic mass is 32.1. The van der Waals surface area contributed by atoms with Crippen LogP contribution in [0.4, 0.5) is 10.8 Å². The lowest BCUT2D eigenvalue weighted by atomic mass is 9.96. The van der Waals surface area contributed by atoms with E-state index in [9.17, 15) is 4.79 Å². The summed E-state index contributed by atoms with van der Waals surface area (Å²) in [6.07, 6.45) is 5.23. The van der Waals surface area contributed by atoms with Crippen LogP contribution in [0.15, 0.2) is 17.5 Å². The summed E-state index contributed by atoms with van der Waals surface area (Å²) in [7, 11) is 0. The van der Waals surface area contributed by atoms with E-state index in [0.29, 0.717) is 12.5 Å². The number of rotatable bonds is 4. The molecule has 1 N–H and O–H groups in total. The molecule has 0 radical (unpaired) electrons. The van der Waals surface area contributed by atoms with Crippen LogP contribution < -0.4 is 10.2 Å². The third kappa shape index (κ3) is 2.73. The molecule has 3 aliphatic rings. The van der Waals surface area contributed by atoms with E-state index in [4.69, 9.17) is 9.72 Å². The molecular formula is C19H21N3O2S. The largest absolute Gasteiger partial charge is 0.376 e. The second-order valence-electron chi connectivity index (χ2n) is 7.02. The van der Waals surface area contributed by atoms with E-state index >= 15 is 0 Å². The predicted molar refractivity (Wildman–Crippen MR) is 99.4 cm³/mol. The van der Waals surface area contributed by atoms with Gasteiger partial charge in [0.1, 0.15) is 0 Å². The van der Waals surface area contributed by atoms with Crippen LogP contribution in [0.5, 0.6) is 0 Å². The quantitative estimate of drug-likeness (QED) is 0.915. The summed E-state index contributed by atoms with van der Waals surface area (Å²) < 4.78 is 5.65. The normalized spacial score (nSPS) is 21.7. The fourth-order valence-corrected chi connectivity index (χ4v) is 4.85. The van der Waals surface area contributed by atoms with Crippen LogP contribution in [-0.2, 0) is 22.4 Å². The molecule has 5 nitrogen and oxygen atoms in total. The Labute approximate surface area is 151 Å². The summed E-state index contributed by atoms with van der Waals surface area (Å²) in [6.45, 7) is 2.57. The van der Waals surface area contributed by atoms with Gasteiger partial charge in [-0.15, -0.1) is 11.3 Å². The van der Waals surface area contributed by atoms with Crippen LogP contribution in [0.3, 0.4) is 0 Å². The second-order valence-corrected chi connectivity index (χ2v) is 7.88. The molecule has 6 heteroatoms. The number of thiazole rings is 1. The van der Waals surface area contributed by atoms with Gasteiger partial charge in [0.15, 0.2) is 5.13 Å². The van der Waals surface area contributed by atoms with E-state index in [0.717, 1.165) is 61.8 Å². The Kier molecular flexibility index (Phi) is 3.75. The number of nitrogens with zero attached hydrogens (tertiary/aromatic N) is 2. The highest BCUT2D eigenvalue weighted by Gasteiger charge is 2.32. The number of carbonyl (C=O) groups excluding carboxylic acids is 1. The Morgan fingerprint density at radius 3 is 3.12 bits per heavy atom. The molecule has 0 spiro atoms. The zero-order chi connectivity index (χ0) is 16.8. The van der Waals surface area contributed by atoms with Crippen LogP contribution in [0, 0.1) is 0 Å². The lowest BCUT2D eigenvalue weighted by Crippen LogP contribution is -2.31. The van der Waals surface area contributed by atoms with E-state index in [1.807, 2.05) is 4.90 Å². The molecule has 1 aromatic carbocycles. The fourth-order valence-electron chi connectivity index (χ4n) is 4.12. The monoisotopic (exact) mass is 355 g/mol. The number of carbonyl (C=O) groups is 1. The first-order valence-electron chi connectivity index (χ1n) is 9.05. The summed E-state index contributed by atoms with van der Waals surface area (Å²) in [5.74, 6) is 0.241. The van der Waals surface area contributed by atoms with E-state index in [1.54, 1.807) is 11.3 Å². The van der Waals surface area contributed by atoms with Crippen LogP contribution in [-0.4, -0.2) is 36.7 Å². The van der Waals surface area contributed by atoms with Crippen molar-refractivity contribution in [1.82, 2.24) is 4.98 Å². The Morgan fingerprint density at radius 1 is 1.32 bits per heavy atom. The van der Waals surface area contributed by atoms with Crippen molar-refractivity contribution in [3.05, 3.63) is 28.6 Å².